The number of nitrogens with zero attached hydrogens (tertiary/aromatic N) is 4. The van der Waals surface area contributed by atoms with E-state index in [4.69, 9.17) is 24.6 Å². The Kier molecular flexibility index (Phi) is 11.5. The molecule has 0 spiro atoms. The SMILES string of the molecule is CC(C)(CI)SSCO[C@@H]1C[C@H](n2cnc3c(N)ncnc32)O[C@@H]1COP(=O)(O)O[PH](O)(O)O[PH](=O)O. The van der Waals surface area contributed by atoms with Crippen LogP contribution in [-0.2, 0) is 31.7 Å². The fraction of sp³-hybridized carbons (Fsp3) is 0.667. The number of nitrogen functional groups attached to an aromatic ring is 1. The van der Waals surface area contributed by atoms with Gasteiger partial charge in [0.15, 0.2) is 0 Å². The van der Waals surface area contributed by atoms with Gasteiger partial charge < -0.3 is 0 Å². The average molecular weight is 737 g/mol. The fourth-order valence-corrected chi connectivity index (χ4v) is 9.41. The molecule has 6 N–H and O–H groups in total. The fourth-order valence-electron chi connectivity index (χ4n) is 3.08. The van der Waals surface area contributed by atoms with Gasteiger partial charge in [0.05, 0.1) is 0 Å². The summed E-state index contributed by atoms with van der Waals surface area (Å²) in [7, 11) is -11.3. The van der Waals surface area contributed by atoms with Gasteiger partial charge in [0.2, 0.25) is 0 Å². The summed E-state index contributed by atoms with van der Waals surface area (Å²) in [6.07, 6.45) is 0.862. The summed E-state index contributed by atoms with van der Waals surface area (Å²) in [6, 6.07) is 0. The molecule has 0 aliphatic carbocycles. The van der Waals surface area contributed by atoms with Gasteiger partial charge in [-0.2, -0.15) is 0 Å². The Morgan fingerprint density at radius 1 is 1.41 bits per heavy atom. The summed E-state index contributed by atoms with van der Waals surface area (Å²) in [6.45, 7) is 3.64. The topological polar surface area (TPSA) is 231 Å². The van der Waals surface area contributed by atoms with Crippen molar-refractivity contribution in [3.05, 3.63) is 12.7 Å². The minimum atomic E-state index is -5.41. The molecule has 2 unspecified atom stereocenters. The van der Waals surface area contributed by atoms with Gasteiger partial charge in [-0.3, -0.25) is 0 Å². The number of aromatic nitrogens is 4. The van der Waals surface area contributed by atoms with Crippen LogP contribution in [0.1, 0.15) is 26.5 Å². The first-order valence-electron chi connectivity index (χ1n) is 10.3. The second-order valence-corrected chi connectivity index (χ2v) is 16.2. The van der Waals surface area contributed by atoms with Crippen molar-refractivity contribution in [1.29, 1.82) is 0 Å². The Morgan fingerprint density at radius 2 is 2.14 bits per heavy atom. The number of nitrogens with two attached hydrogens (primary N) is 1. The summed E-state index contributed by atoms with van der Waals surface area (Å²) in [5.74, 6) is 0.462. The number of halogens is 1. The Labute approximate surface area is 234 Å². The number of phosphoric acid groups is 1. The zero-order chi connectivity index (χ0) is 27.4. The van der Waals surface area contributed by atoms with E-state index in [2.05, 4.69) is 60.0 Å². The van der Waals surface area contributed by atoms with Crippen LogP contribution in [0.25, 0.3) is 11.2 Å². The van der Waals surface area contributed by atoms with Gasteiger partial charge in [-0.05, 0) is 0 Å². The molecule has 3 heterocycles. The van der Waals surface area contributed by atoms with Crippen molar-refractivity contribution in [1.82, 2.24) is 19.5 Å². The van der Waals surface area contributed by atoms with Crippen molar-refractivity contribution in [3.8, 4) is 0 Å². The van der Waals surface area contributed by atoms with Crippen molar-refractivity contribution >= 4 is 85.4 Å². The molecule has 1 aliphatic heterocycles. The van der Waals surface area contributed by atoms with E-state index in [-0.39, 0.29) is 22.9 Å². The third kappa shape index (κ3) is 9.43. The zero-order valence-corrected chi connectivity index (χ0v) is 26.1. The van der Waals surface area contributed by atoms with Crippen LogP contribution in [0.4, 0.5) is 5.82 Å². The molecule has 0 amide bonds. The predicted octanol–water partition coefficient (Wildman–Crippen LogP) is 2.56. The second-order valence-electron chi connectivity index (χ2n) is 8.14. The van der Waals surface area contributed by atoms with Crippen molar-refractivity contribution in [2.24, 2.45) is 0 Å². The molecule has 1 fully saturated rings. The number of phosphoric ester groups is 1. The van der Waals surface area contributed by atoms with Crippen LogP contribution in [0.15, 0.2) is 12.7 Å². The van der Waals surface area contributed by atoms with Gasteiger partial charge in [0, 0.05) is 0 Å². The number of hydrogen-bond acceptors (Lipinski definition) is 15. The Morgan fingerprint density at radius 3 is 2.81 bits per heavy atom. The predicted molar refractivity (Wildman–Crippen MR) is 148 cm³/mol. The van der Waals surface area contributed by atoms with Gasteiger partial charge >= 0.3 is 212 Å². The molecule has 22 heteroatoms. The molecule has 0 bridgehead atoms. The van der Waals surface area contributed by atoms with Crippen molar-refractivity contribution < 1.29 is 51.3 Å². The molecule has 2 aromatic heterocycles. The molecule has 0 aromatic carbocycles. The number of imidazole rings is 1. The first-order chi connectivity index (χ1) is 17.2. The van der Waals surface area contributed by atoms with Crippen molar-refractivity contribution in [2.45, 2.75) is 43.5 Å². The second kappa shape index (κ2) is 13.3. The van der Waals surface area contributed by atoms with Crippen LogP contribution >= 0.6 is 68.4 Å². The van der Waals surface area contributed by atoms with E-state index in [1.54, 1.807) is 15.4 Å². The third-order valence-corrected chi connectivity index (χ3v) is 14.1. The van der Waals surface area contributed by atoms with Gasteiger partial charge in [0.1, 0.15) is 0 Å². The molecule has 3 rings (SSSR count). The standard InChI is InChI=1S/C15H27IN5O11P3S2/c1-15(2,5-16)37-36-8-28-9-3-11(21-7-20-12-13(17)18-6-19-14(12)21)30-10(9)4-29-34(24,25)32-35(26,27)31-33(22)23/h6-7,9-11,26-27,33,35H,3-5,8H2,1-2H3,(H,22,23)(H,24,25)(H2,17,18,19)/t9-,10-,11-/m1/s1. The molecular formula is C15H27IN5O11P3S2. The molecule has 212 valence electrons. The van der Waals surface area contributed by atoms with Crippen LogP contribution in [-0.4, -0.2) is 73.0 Å². The molecular weight excluding hydrogens is 710 g/mol. The number of anilines is 1. The number of hydrogen-bond donors (Lipinski definition) is 5. The number of alkyl halides is 1. The number of rotatable bonds is 14. The maximum absolute atomic E-state index is 12.2. The normalized spacial score (nSPS) is 23.8. The molecule has 37 heavy (non-hydrogen) atoms. The quantitative estimate of drug-likeness (QED) is 0.0468. The number of ether oxygens (including phenoxy) is 2. The maximum atomic E-state index is 12.2. The molecule has 1 aliphatic rings. The molecule has 0 radical (unpaired) electrons. The average Bonchev–Trinajstić information content (AvgIpc) is 3.38. The summed E-state index contributed by atoms with van der Waals surface area (Å²) < 4.78 is 50.4. The summed E-state index contributed by atoms with van der Waals surface area (Å²) in [5.41, 5.74) is 6.64. The van der Waals surface area contributed by atoms with Gasteiger partial charge in [0.25, 0.3) is 0 Å². The Bertz CT molecular complexity index is 1150. The van der Waals surface area contributed by atoms with E-state index < -0.39 is 49.3 Å². The van der Waals surface area contributed by atoms with Gasteiger partial charge in [-0.15, -0.1) is 0 Å². The first-order valence-corrected chi connectivity index (χ1v) is 18.6. The van der Waals surface area contributed by atoms with E-state index in [1.807, 2.05) is 0 Å². The zero-order valence-electron chi connectivity index (χ0n) is 19.4. The molecule has 1 saturated heterocycles. The monoisotopic (exact) mass is 737 g/mol. The van der Waals surface area contributed by atoms with E-state index in [9.17, 15) is 23.8 Å². The minimum absolute atomic E-state index is 0.0227. The number of fused-ring (bicyclic) bond motifs is 1. The first kappa shape index (κ1) is 31.8. The van der Waals surface area contributed by atoms with Crippen LogP contribution in [0.3, 0.4) is 0 Å². The summed E-state index contributed by atoms with van der Waals surface area (Å²) >= 11 is 2.30. The summed E-state index contributed by atoms with van der Waals surface area (Å²) in [4.78, 5) is 49.9. The van der Waals surface area contributed by atoms with Crippen LogP contribution in [0.5, 0.6) is 0 Å². The van der Waals surface area contributed by atoms with E-state index in [0.29, 0.717) is 11.2 Å². The van der Waals surface area contributed by atoms with E-state index in [0.717, 1.165) is 4.43 Å². The van der Waals surface area contributed by atoms with Crippen molar-refractivity contribution in [3.63, 3.8) is 0 Å². The Hall–Kier alpha value is 0.310. The Balaban J connectivity index is 1.70. The van der Waals surface area contributed by atoms with Crippen LogP contribution < -0.4 is 5.73 Å². The summed E-state index contributed by atoms with van der Waals surface area (Å²) in [5, 5.41) is 0. The van der Waals surface area contributed by atoms with Gasteiger partial charge in [-0.1, -0.05) is 22.6 Å². The van der Waals surface area contributed by atoms with E-state index >= 15 is 0 Å². The molecule has 5 atom stereocenters. The molecule has 2 aromatic rings. The van der Waals surface area contributed by atoms with Crippen LogP contribution in [0, 0.1) is 0 Å². The van der Waals surface area contributed by atoms with Crippen molar-refractivity contribution in [2.75, 3.05) is 22.7 Å². The molecule has 16 nitrogen and oxygen atoms in total. The van der Waals surface area contributed by atoms with Gasteiger partial charge in [-0.25, -0.2) is 0 Å². The van der Waals surface area contributed by atoms with E-state index in [1.165, 1.54) is 23.4 Å². The third-order valence-electron chi connectivity index (χ3n) is 4.67. The molecule has 0 saturated carbocycles. The van der Waals surface area contributed by atoms with Crippen LogP contribution in [0.2, 0.25) is 0 Å².